The van der Waals surface area contributed by atoms with Gasteiger partial charge in [0.05, 0.1) is 11.2 Å². The van der Waals surface area contributed by atoms with Crippen LogP contribution in [-0.4, -0.2) is 16.9 Å². The first-order valence-electron chi connectivity index (χ1n) is 10.5. The highest BCUT2D eigenvalue weighted by atomic mass is 16.2. The summed E-state index contributed by atoms with van der Waals surface area (Å²) in [6.07, 6.45) is 4.29. The molecule has 1 saturated heterocycles. The first-order chi connectivity index (χ1) is 14.8. The summed E-state index contributed by atoms with van der Waals surface area (Å²) in [6, 6.07) is 31.5. The van der Waals surface area contributed by atoms with E-state index in [0.717, 1.165) is 29.4 Å². The van der Waals surface area contributed by atoms with Gasteiger partial charge in [-0.15, -0.1) is 0 Å². The molecule has 148 valence electrons. The summed E-state index contributed by atoms with van der Waals surface area (Å²) >= 11 is 0. The number of aromatic nitrogens is 1. The molecular weight excluding hydrogens is 368 g/mol. The third-order valence-electron chi connectivity index (χ3n) is 6.08. The molecule has 0 bridgehead atoms. The van der Waals surface area contributed by atoms with E-state index in [-0.39, 0.29) is 11.9 Å². The van der Waals surface area contributed by atoms with Crippen LogP contribution in [0.4, 0.5) is 5.69 Å². The molecule has 0 aliphatic carbocycles. The average molecular weight is 393 g/mol. The Morgan fingerprint density at radius 1 is 0.800 bits per heavy atom. The zero-order valence-corrected chi connectivity index (χ0v) is 16.8. The van der Waals surface area contributed by atoms with Crippen LogP contribution in [0.5, 0.6) is 0 Å². The molecule has 1 amide bonds. The van der Waals surface area contributed by atoms with Crippen molar-refractivity contribution in [3.63, 3.8) is 0 Å². The minimum absolute atomic E-state index is 0.172. The van der Waals surface area contributed by atoms with Gasteiger partial charge in [-0.1, -0.05) is 78.9 Å². The van der Waals surface area contributed by atoms with Crippen molar-refractivity contribution in [1.29, 1.82) is 0 Å². The number of amides is 1. The van der Waals surface area contributed by atoms with Crippen molar-refractivity contribution < 1.29 is 4.79 Å². The van der Waals surface area contributed by atoms with Crippen molar-refractivity contribution in [3.8, 4) is 0 Å². The van der Waals surface area contributed by atoms with Crippen molar-refractivity contribution >= 4 is 22.5 Å². The number of benzene rings is 3. The number of rotatable bonds is 6. The number of fused-ring (bicyclic) bond motifs is 1. The van der Waals surface area contributed by atoms with Crippen LogP contribution in [0.2, 0.25) is 0 Å². The molecule has 3 nitrogen and oxygen atoms in total. The minimum Gasteiger partial charge on any atom is -0.306 e. The maximum Gasteiger partial charge on any atom is 0.229 e. The Balaban J connectivity index is 1.50. The van der Waals surface area contributed by atoms with Gasteiger partial charge in [0.15, 0.2) is 0 Å². The summed E-state index contributed by atoms with van der Waals surface area (Å²) < 4.78 is 0. The number of hydrogen-bond donors (Lipinski definition) is 0. The first-order valence-corrected chi connectivity index (χ1v) is 10.5. The summed E-state index contributed by atoms with van der Waals surface area (Å²) in [5.41, 5.74) is 4.46. The Bertz CT molecular complexity index is 1110. The second kappa shape index (κ2) is 8.11. The van der Waals surface area contributed by atoms with Crippen molar-refractivity contribution in [1.82, 2.24) is 4.98 Å². The van der Waals surface area contributed by atoms with Gasteiger partial charge in [-0.25, -0.2) is 0 Å². The molecule has 1 unspecified atom stereocenters. The molecule has 0 radical (unpaired) electrons. The van der Waals surface area contributed by atoms with Crippen LogP contribution in [0.3, 0.4) is 0 Å². The van der Waals surface area contributed by atoms with E-state index in [1.807, 2.05) is 23.1 Å². The average Bonchev–Trinajstić information content (AvgIpc) is 2.79. The number of para-hydroxylation sites is 1. The van der Waals surface area contributed by atoms with Crippen LogP contribution in [0.15, 0.2) is 97.2 Å². The summed E-state index contributed by atoms with van der Waals surface area (Å²) in [6.45, 7) is 0. The van der Waals surface area contributed by atoms with Gasteiger partial charge in [0, 0.05) is 24.0 Å². The maximum absolute atomic E-state index is 12.8. The molecule has 1 aliphatic heterocycles. The van der Waals surface area contributed by atoms with Gasteiger partial charge >= 0.3 is 0 Å². The minimum atomic E-state index is 0.172. The Morgan fingerprint density at radius 3 is 2.07 bits per heavy atom. The van der Waals surface area contributed by atoms with Gasteiger partial charge in [-0.2, -0.15) is 0 Å². The number of nitrogens with zero attached hydrogens (tertiary/aromatic N) is 2. The van der Waals surface area contributed by atoms with Gasteiger partial charge in [-0.05, 0) is 42.0 Å². The van der Waals surface area contributed by atoms with Crippen LogP contribution in [0.1, 0.15) is 17.5 Å². The van der Waals surface area contributed by atoms with Crippen LogP contribution >= 0.6 is 0 Å². The number of β-lactam (4-membered cyclic amide) rings is 1. The lowest BCUT2D eigenvalue weighted by molar-refractivity contribution is -0.125. The van der Waals surface area contributed by atoms with E-state index in [0.29, 0.717) is 12.3 Å². The zero-order valence-electron chi connectivity index (χ0n) is 16.8. The molecule has 0 N–H and O–H groups in total. The fourth-order valence-corrected chi connectivity index (χ4v) is 4.59. The second-order valence-electron chi connectivity index (χ2n) is 8.03. The van der Waals surface area contributed by atoms with Crippen LogP contribution in [0, 0.1) is 5.92 Å². The Kier molecular flexibility index (Phi) is 5.02. The normalized spacial score (nSPS) is 16.1. The number of hydrogen-bond acceptors (Lipinski definition) is 2. The van der Waals surface area contributed by atoms with E-state index in [2.05, 4.69) is 77.8 Å². The number of carbonyl (C=O) groups excluding carboxylic acids is 1. The van der Waals surface area contributed by atoms with Crippen molar-refractivity contribution in [3.05, 3.63) is 108 Å². The largest absolute Gasteiger partial charge is 0.306 e. The Labute approximate surface area is 177 Å². The van der Waals surface area contributed by atoms with Crippen molar-refractivity contribution in [2.45, 2.75) is 25.3 Å². The van der Waals surface area contributed by atoms with E-state index in [1.54, 1.807) is 6.20 Å². The molecule has 1 aromatic heterocycles. The SMILES string of the molecule is O=C1CC(C(Cc2ccccc2)Cc2ccccc2)N1c1cccc2cccnc12. The van der Waals surface area contributed by atoms with E-state index < -0.39 is 0 Å². The van der Waals surface area contributed by atoms with Crippen molar-refractivity contribution in [2.24, 2.45) is 5.92 Å². The molecule has 4 aromatic rings. The van der Waals surface area contributed by atoms with Gasteiger partial charge < -0.3 is 4.90 Å². The van der Waals surface area contributed by atoms with E-state index in [9.17, 15) is 4.79 Å². The van der Waals surface area contributed by atoms with Crippen LogP contribution in [0.25, 0.3) is 10.9 Å². The topological polar surface area (TPSA) is 33.2 Å². The molecule has 5 rings (SSSR count). The number of carbonyl (C=O) groups is 1. The molecule has 30 heavy (non-hydrogen) atoms. The molecule has 0 spiro atoms. The third-order valence-corrected chi connectivity index (χ3v) is 6.08. The standard InChI is InChI=1S/C27H24N2O/c30-26-19-25(29(26)24-15-7-13-22-14-8-16-28-27(22)24)23(17-20-9-3-1-4-10-20)18-21-11-5-2-6-12-21/h1-16,23,25H,17-19H2. The summed E-state index contributed by atoms with van der Waals surface area (Å²) in [7, 11) is 0. The maximum atomic E-state index is 12.8. The number of anilines is 1. The van der Waals surface area contributed by atoms with Crippen molar-refractivity contribution in [2.75, 3.05) is 4.90 Å². The Morgan fingerprint density at radius 2 is 1.43 bits per heavy atom. The highest BCUT2D eigenvalue weighted by molar-refractivity contribution is 6.07. The molecule has 2 heterocycles. The van der Waals surface area contributed by atoms with E-state index >= 15 is 0 Å². The zero-order chi connectivity index (χ0) is 20.3. The van der Waals surface area contributed by atoms with Gasteiger partial charge in [0.2, 0.25) is 5.91 Å². The predicted molar refractivity (Wildman–Crippen MR) is 121 cm³/mol. The number of pyridine rings is 1. The molecule has 0 saturated carbocycles. The Hall–Kier alpha value is -3.46. The van der Waals surface area contributed by atoms with Crippen LogP contribution < -0.4 is 4.90 Å². The van der Waals surface area contributed by atoms with Crippen LogP contribution in [-0.2, 0) is 17.6 Å². The smallest absolute Gasteiger partial charge is 0.229 e. The lowest BCUT2D eigenvalue weighted by Crippen LogP contribution is -2.57. The van der Waals surface area contributed by atoms with E-state index in [4.69, 9.17) is 0 Å². The van der Waals surface area contributed by atoms with Gasteiger partial charge in [-0.3, -0.25) is 9.78 Å². The van der Waals surface area contributed by atoms with Gasteiger partial charge in [0.25, 0.3) is 0 Å². The fraction of sp³-hybridized carbons (Fsp3) is 0.185. The van der Waals surface area contributed by atoms with Gasteiger partial charge in [0.1, 0.15) is 0 Å². The quantitative estimate of drug-likeness (QED) is 0.409. The molecule has 3 aromatic carbocycles. The molecule has 1 aliphatic rings. The summed E-state index contributed by atoms with van der Waals surface area (Å²) in [5, 5.41) is 1.07. The highest BCUT2D eigenvalue weighted by Gasteiger charge is 2.42. The predicted octanol–water partition coefficient (Wildman–Crippen LogP) is 5.44. The molecular formula is C27H24N2O. The first kappa shape index (κ1) is 18.6. The molecule has 1 atom stereocenters. The summed E-state index contributed by atoms with van der Waals surface area (Å²) in [4.78, 5) is 19.4. The fourth-order valence-electron chi connectivity index (χ4n) is 4.59. The molecule has 1 fully saturated rings. The molecule has 3 heteroatoms. The third kappa shape index (κ3) is 3.59. The lowest BCUT2D eigenvalue weighted by atomic mass is 9.80. The highest BCUT2D eigenvalue weighted by Crippen LogP contribution is 2.38. The second-order valence-corrected chi connectivity index (χ2v) is 8.03. The summed E-state index contributed by atoms with van der Waals surface area (Å²) in [5.74, 6) is 0.524. The van der Waals surface area contributed by atoms with E-state index in [1.165, 1.54) is 11.1 Å². The monoisotopic (exact) mass is 392 g/mol. The lowest BCUT2D eigenvalue weighted by Gasteiger charge is -2.45.